The highest BCUT2D eigenvalue weighted by Gasteiger charge is 1.92. The zero-order valence-electron chi connectivity index (χ0n) is 4.50. The minimum Gasteiger partial charge on any atom is -0.239 e. The van der Waals surface area contributed by atoms with Crippen LogP contribution < -0.4 is 0 Å². The van der Waals surface area contributed by atoms with Crippen molar-refractivity contribution in [3.63, 3.8) is 0 Å². The van der Waals surface area contributed by atoms with Crippen molar-refractivity contribution in [2.75, 3.05) is 0 Å². The fourth-order valence-electron chi connectivity index (χ4n) is 0.459. The van der Waals surface area contributed by atoms with Gasteiger partial charge in [-0.25, -0.2) is 4.68 Å². The predicted molar refractivity (Wildman–Crippen MR) is 33.4 cm³/mol. The summed E-state index contributed by atoms with van der Waals surface area (Å²) < 4.78 is 2.69. The van der Waals surface area contributed by atoms with Crippen molar-refractivity contribution >= 4 is 15.9 Å². The summed E-state index contributed by atoms with van der Waals surface area (Å²) in [7, 11) is 0. The highest BCUT2D eigenvalue weighted by atomic mass is 79.9. The lowest BCUT2D eigenvalue weighted by Crippen LogP contribution is -1.95. The summed E-state index contributed by atoms with van der Waals surface area (Å²) in [4.78, 5) is 0. The van der Waals surface area contributed by atoms with Crippen molar-refractivity contribution in [2.45, 2.75) is 13.5 Å². The van der Waals surface area contributed by atoms with Gasteiger partial charge in [0.05, 0.1) is 6.20 Å². The number of hydrogen-bond acceptors (Lipinski definition) is 2. The van der Waals surface area contributed by atoms with Crippen molar-refractivity contribution in [1.82, 2.24) is 15.0 Å². The molecule has 0 unspecified atom stereocenters. The van der Waals surface area contributed by atoms with Gasteiger partial charge in [0.2, 0.25) is 0 Å². The smallest absolute Gasteiger partial charge is 0.124 e. The second-order valence-corrected chi connectivity index (χ2v) is 2.18. The molecule has 0 radical (unpaired) electrons. The van der Waals surface area contributed by atoms with Crippen molar-refractivity contribution in [2.24, 2.45) is 0 Å². The van der Waals surface area contributed by atoms with Crippen LogP contribution in [0.25, 0.3) is 0 Å². The van der Waals surface area contributed by atoms with Crippen LogP contribution in [0.3, 0.4) is 0 Å². The summed E-state index contributed by atoms with van der Waals surface area (Å²) in [5.74, 6) is 0. The third-order valence-corrected chi connectivity index (χ3v) is 1.48. The Labute approximate surface area is 55.8 Å². The first-order chi connectivity index (χ1) is 3.84. The van der Waals surface area contributed by atoms with Crippen LogP contribution in [-0.4, -0.2) is 15.0 Å². The molecule has 1 aromatic rings. The maximum atomic E-state index is 3.75. The zero-order chi connectivity index (χ0) is 5.98. The van der Waals surface area contributed by atoms with Crippen molar-refractivity contribution in [3.8, 4) is 0 Å². The van der Waals surface area contributed by atoms with Crippen LogP contribution in [0.1, 0.15) is 6.92 Å². The Morgan fingerprint density at radius 1 is 1.88 bits per heavy atom. The third kappa shape index (κ3) is 0.888. The second kappa shape index (κ2) is 2.26. The highest BCUT2D eigenvalue weighted by molar-refractivity contribution is 9.10. The van der Waals surface area contributed by atoms with Gasteiger partial charge in [0.25, 0.3) is 0 Å². The van der Waals surface area contributed by atoms with E-state index in [2.05, 4.69) is 26.2 Å². The van der Waals surface area contributed by atoms with Gasteiger partial charge in [0.1, 0.15) is 4.60 Å². The standard InChI is InChI=1S/C4H6BrN3/c1-2-8-4(5)3-6-7-8/h3H,2H2,1H3. The largest absolute Gasteiger partial charge is 0.239 e. The van der Waals surface area contributed by atoms with Gasteiger partial charge in [-0.05, 0) is 22.9 Å². The molecule has 0 N–H and O–H groups in total. The van der Waals surface area contributed by atoms with Crippen molar-refractivity contribution in [3.05, 3.63) is 10.8 Å². The lowest BCUT2D eigenvalue weighted by Gasteiger charge is -1.90. The van der Waals surface area contributed by atoms with E-state index in [0.29, 0.717) is 0 Å². The van der Waals surface area contributed by atoms with Gasteiger partial charge in [0.15, 0.2) is 0 Å². The molecule has 0 aromatic carbocycles. The maximum absolute atomic E-state index is 3.75. The minimum atomic E-state index is 0.862. The molecule has 3 nitrogen and oxygen atoms in total. The Hall–Kier alpha value is -0.380. The first-order valence-electron chi connectivity index (χ1n) is 2.38. The number of aromatic nitrogens is 3. The van der Waals surface area contributed by atoms with Crippen LogP contribution in [0.15, 0.2) is 10.8 Å². The van der Waals surface area contributed by atoms with Gasteiger partial charge in [-0.3, -0.25) is 0 Å². The van der Waals surface area contributed by atoms with Gasteiger partial charge in [-0.15, -0.1) is 5.10 Å². The first kappa shape index (κ1) is 5.75. The molecule has 44 valence electrons. The van der Waals surface area contributed by atoms with Crippen LogP contribution >= 0.6 is 15.9 Å². The van der Waals surface area contributed by atoms with E-state index in [-0.39, 0.29) is 0 Å². The molecule has 0 atom stereocenters. The number of aryl methyl sites for hydroxylation is 1. The Balaban J connectivity index is 2.92. The van der Waals surface area contributed by atoms with Gasteiger partial charge in [0, 0.05) is 6.54 Å². The molecule has 0 saturated heterocycles. The normalized spacial score (nSPS) is 9.75. The van der Waals surface area contributed by atoms with Crippen LogP contribution in [0.2, 0.25) is 0 Å². The zero-order valence-corrected chi connectivity index (χ0v) is 6.09. The molecule has 0 aliphatic heterocycles. The van der Waals surface area contributed by atoms with Crippen LogP contribution in [0.4, 0.5) is 0 Å². The van der Waals surface area contributed by atoms with Crippen molar-refractivity contribution in [1.29, 1.82) is 0 Å². The van der Waals surface area contributed by atoms with Gasteiger partial charge < -0.3 is 0 Å². The summed E-state index contributed by atoms with van der Waals surface area (Å²) >= 11 is 3.26. The second-order valence-electron chi connectivity index (χ2n) is 1.37. The van der Waals surface area contributed by atoms with Crippen molar-refractivity contribution < 1.29 is 0 Å². The maximum Gasteiger partial charge on any atom is 0.124 e. The van der Waals surface area contributed by atoms with E-state index in [0.717, 1.165) is 11.1 Å². The molecule has 1 aromatic heterocycles. The lowest BCUT2D eigenvalue weighted by atomic mass is 10.7. The van der Waals surface area contributed by atoms with E-state index in [1.54, 1.807) is 10.9 Å². The molecular weight excluding hydrogens is 170 g/mol. The van der Waals surface area contributed by atoms with Gasteiger partial charge >= 0.3 is 0 Å². The third-order valence-electron chi connectivity index (χ3n) is 0.870. The van der Waals surface area contributed by atoms with Gasteiger partial charge in [-0.2, -0.15) is 0 Å². The van der Waals surface area contributed by atoms with E-state index >= 15 is 0 Å². The Kier molecular flexibility index (Phi) is 1.62. The summed E-state index contributed by atoms with van der Waals surface area (Å²) in [6, 6.07) is 0. The summed E-state index contributed by atoms with van der Waals surface area (Å²) in [5, 5.41) is 7.41. The molecule has 0 saturated carbocycles. The van der Waals surface area contributed by atoms with E-state index in [4.69, 9.17) is 0 Å². The van der Waals surface area contributed by atoms with E-state index in [9.17, 15) is 0 Å². The van der Waals surface area contributed by atoms with Crippen LogP contribution in [-0.2, 0) is 6.54 Å². The first-order valence-corrected chi connectivity index (χ1v) is 3.18. The fourth-order valence-corrected chi connectivity index (χ4v) is 0.873. The molecule has 0 bridgehead atoms. The molecule has 0 fully saturated rings. The summed E-state index contributed by atoms with van der Waals surface area (Å²) in [6.07, 6.45) is 1.67. The monoisotopic (exact) mass is 175 g/mol. The predicted octanol–water partition coefficient (Wildman–Crippen LogP) is 1.06. The Morgan fingerprint density at radius 3 is 2.88 bits per heavy atom. The quantitative estimate of drug-likeness (QED) is 0.640. The molecule has 0 aliphatic carbocycles. The van der Waals surface area contributed by atoms with E-state index < -0.39 is 0 Å². The number of hydrogen-bond donors (Lipinski definition) is 0. The molecule has 0 spiro atoms. The number of rotatable bonds is 1. The molecule has 0 aliphatic rings. The molecule has 1 rings (SSSR count). The van der Waals surface area contributed by atoms with Crippen LogP contribution in [0.5, 0.6) is 0 Å². The Morgan fingerprint density at radius 2 is 2.62 bits per heavy atom. The molecule has 1 heterocycles. The lowest BCUT2D eigenvalue weighted by molar-refractivity contribution is 0.615. The molecule has 0 amide bonds. The minimum absolute atomic E-state index is 0.862. The highest BCUT2D eigenvalue weighted by Crippen LogP contribution is 2.03. The summed E-state index contributed by atoms with van der Waals surface area (Å²) in [6.45, 7) is 2.88. The number of nitrogens with zero attached hydrogens (tertiary/aromatic N) is 3. The van der Waals surface area contributed by atoms with Crippen LogP contribution in [0, 0.1) is 0 Å². The van der Waals surface area contributed by atoms with E-state index in [1.165, 1.54) is 0 Å². The average molecular weight is 176 g/mol. The van der Waals surface area contributed by atoms with E-state index in [1.807, 2.05) is 6.92 Å². The Bertz CT molecular complexity index is 172. The molecule has 4 heteroatoms. The fraction of sp³-hybridized carbons (Fsp3) is 0.500. The summed E-state index contributed by atoms with van der Waals surface area (Å²) in [5.41, 5.74) is 0. The number of halogens is 1. The topological polar surface area (TPSA) is 30.7 Å². The SMILES string of the molecule is CCn1nncc1Br. The molecule has 8 heavy (non-hydrogen) atoms. The average Bonchev–Trinajstić information content (AvgIpc) is 2.14. The van der Waals surface area contributed by atoms with Gasteiger partial charge in [-0.1, -0.05) is 5.21 Å². The molecular formula is C4H6BrN3.